The predicted molar refractivity (Wildman–Crippen MR) is 142 cm³/mol. The average Bonchev–Trinajstić information content (AvgIpc) is 3.20. The van der Waals surface area contributed by atoms with E-state index in [-0.39, 0.29) is 24.5 Å². The molecule has 1 aromatic carbocycles. The van der Waals surface area contributed by atoms with E-state index in [1.807, 2.05) is 24.3 Å². The Kier molecular flexibility index (Phi) is 6.85. The number of allylic oxidation sites excluding steroid dienone is 4. The van der Waals surface area contributed by atoms with Gasteiger partial charge in [-0.2, -0.15) is 22.0 Å². The maximum Gasteiger partial charge on any atom is 0.456 e. The highest BCUT2D eigenvalue weighted by atomic mass is 19.4. The van der Waals surface area contributed by atoms with Gasteiger partial charge in [0.05, 0.1) is 0 Å². The molecule has 40 heavy (non-hydrogen) atoms. The summed E-state index contributed by atoms with van der Waals surface area (Å²) in [6, 6.07) is 8.10. The Morgan fingerprint density at radius 2 is 1.68 bits per heavy atom. The molecular formula is C32H38F5NO2. The molecular weight excluding hydrogens is 525 g/mol. The molecule has 1 heterocycles. The van der Waals surface area contributed by atoms with Crippen molar-refractivity contribution in [2.45, 2.75) is 101 Å². The molecule has 1 aromatic rings. The fourth-order valence-electron chi connectivity index (χ4n) is 8.95. The number of hydrogen-bond acceptors (Lipinski definition) is 3. The predicted octanol–water partition coefficient (Wildman–Crippen LogP) is 7.50. The van der Waals surface area contributed by atoms with Crippen LogP contribution in [0.4, 0.5) is 22.0 Å². The number of likely N-dealkylation sites (tertiary alicyclic amines) is 1. The van der Waals surface area contributed by atoms with Gasteiger partial charge in [-0.1, -0.05) is 43.2 Å². The Bertz CT molecular complexity index is 1230. The van der Waals surface area contributed by atoms with E-state index in [4.69, 9.17) is 0 Å². The van der Waals surface area contributed by atoms with E-state index in [1.54, 1.807) is 6.08 Å². The number of carbonyl (C=O) groups excluding carboxylic acids is 1. The molecule has 1 N–H and O–H groups in total. The maximum absolute atomic E-state index is 15.1. The monoisotopic (exact) mass is 563 g/mol. The lowest BCUT2D eigenvalue weighted by atomic mass is 9.50. The fourth-order valence-corrected chi connectivity index (χ4v) is 8.95. The van der Waals surface area contributed by atoms with Crippen molar-refractivity contribution in [3.05, 3.63) is 58.2 Å². The van der Waals surface area contributed by atoms with Gasteiger partial charge in [-0.3, -0.25) is 9.69 Å². The first-order valence-corrected chi connectivity index (χ1v) is 14.8. The summed E-state index contributed by atoms with van der Waals surface area (Å²) < 4.78 is 71.5. The molecule has 0 bridgehead atoms. The van der Waals surface area contributed by atoms with Crippen molar-refractivity contribution in [3.63, 3.8) is 0 Å². The summed E-state index contributed by atoms with van der Waals surface area (Å²) in [6.45, 7) is 4.41. The number of fused-ring (bicyclic) bond motifs is 4. The molecule has 0 radical (unpaired) electrons. The molecule has 8 heteroatoms. The quantitative estimate of drug-likeness (QED) is 0.386. The largest absolute Gasteiger partial charge is 0.456 e. The number of carbonyl (C=O) groups is 1. The summed E-state index contributed by atoms with van der Waals surface area (Å²) in [7, 11) is 0. The van der Waals surface area contributed by atoms with Crippen LogP contribution in [0.2, 0.25) is 0 Å². The Morgan fingerprint density at radius 3 is 2.35 bits per heavy atom. The molecule has 218 valence electrons. The minimum absolute atomic E-state index is 0.0157. The topological polar surface area (TPSA) is 40.5 Å². The molecule has 5 aliphatic rings. The highest BCUT2D eigenvalue weighted by Gasteiger charge is 2.79. The SMILES string of the molecule is C[C@]12C[C@H](c3ccc(CN4CCCCC4)cc3)C3=C4CCC(=O)C=C4CCC3C1CC[C@@]2(O)C(F)(F)C(F)(F)F. The molecule has 5 atom stereocenters. The van der Waals surface area contributed by atoms with Crippen molar-refractivity contribution in [1.82, 2.24) is 4.90 Å². The van der Waals surface area contributed by atoms with Crippen LogP contribution in [0.15, 0.2) is 47.1 Å². The number of piperidine rings is 1. The van der Waals surface area contributed by atoms with E-state index < -0.39 is 41.4 Å². The minimum Gasteiger partial charge on any atom is -0.383 e. The molecule has 1 saturated heterocycles. The molecule has 2 saturated carbocycles. The number of aliphatic hydroxyl groups is 1. The van der Waals surface area contributed by atoms with Crippen molar-refractivity contribution in [2.75, 3.05) is 13.1 Å². The number of benzene rings is 1. The lowest BCUT2D eigenvalue weighted by Crippen LogP contribution is -2.65. The Morgan fingerprint density at radius 1 is 0.975 bits per heavy atom. The van der Waals surface area contributed by atoms with Gasteiger partial charge in [0, 0.05) is 24.3 Å². The number of alkyl halides is 5. The van der Waals surface area contributed by atoms with E-state index in [9.17, 15) is 23.1 Å². The van der Waals surface area contributed by atoms with Crippen LogP contribution < -0.4 is 0 Å². The Balaban J connectivity index is 1.42. The van der Waals surface area contributed by atoms with Crippen LogP contribution >= 0.6 is 0 Å². The van der Waals surface area contributed by atoms with Crippen LogP contribution in [0.1, 0.15) is 88.2 Å². The van der Waals surface area contributed by atoms with Crippen molar-refractivity contribution in [2.24, 2.45) is 17.3 Å². The highest BCUT2D eigenvalue weighted by Crippen LogP contribution is 2.70. The zero-order valence-corrected chi connectivity index (χ0v) is 23.0. The first-order valence-electron chi connectivity index (χ1n) is 14.8. The summed E-state index contributed by atoms with van der Waals surface area (Å²) in [5, 5.41) is 11.4. The third-order valence-electron chi connectivity index (χ3n) is 11.0. The highest BCUT2D eigenvalue weighted by molar-refractivity contribution is 5.93. The fraction of sp³-hybridized carbons (Fsp3) is 0.656. The number of halogens is 5. The summed E-state index contributed by atoms with van der Waals surface area (Å²) in [5.74, 6) is -6.21. The second kappa shape index (κ2) is 9.75. The summed E-state index contributed by atoms with van der Waals surface area (Å²) >= 11 is 0. The van der Waals surface area contributed by atoms with Crippen molar-refractivity contribution < 1.29 is 31.9 Å². The van der Waals surface area contributed by atoms with E-state index in [2.05, 4.69) is 4.90 Å². The third kappa shape index (κ3) is 4.22. The van der Waals surface area contributed by atoms with Crippen LogP contribution in [0.25, 0.3) is 0 Å². The molecule has 1 aliphatic heterocycles. The van der Waals surface area contributed by atoms with Gasteiger partial charge in [0.25, 0.3) is 0 Å². The molecule has 0 amide bonds. The van der Waals surface area contributed by atoms with Gasteiger partial charge >= 0.3 is 12.1 Å². The molecule has 2 unspecified atom stereocenters. The zero-order valence-electron chi connectivity index (χ0n) is 23.0. The number of ketones is 1. The zero-order chi connectivity index (χ0) is 28.5. The average molecular weight is 564 g/mol. The number of nitrogens with zero attached hydrogens (tertiary/aromatic N) is 1. The smallest absolute Gasteiger partial charge is 0.383 e. The van der Waals surface area contributed by atoms with E-state index in [0.29, 0.717) is 25.7 Å². The molecule has 3 nitrogen and oxygen atoms in total. The van der Waals surface area contributed by atoms with E-state index >= 15 is 8.78 Å². The van der Waals surface area contributed by atoms with Crippen molar-refractivity contribution in [3.8, 4) is 0 Å². The molecule has 6 rings (SSSR count). The molecule has 4 aliphatic carbocycles. The number of rotatable bonds is 4. The first-order chi connectivity index (χ1) is 18.9. The summed E-state index contributed by atoms with van der Waals surface area (Å²) in [4.78, 5) is 14.6. The van der Waals surface area contributed by atoms with Crippen LogP contribution in [0.5, 0.6) is 0 Å². The summed E-state index contributed by atoms with van der Waals surface area (Å²) in [6.07, 6.45) is 1.20. The second-order valence-electron chi connectivity index (χ2n) is 13.0. The Hall–Kier alpha value is -2.06. The van der Waals surface area contributed by atoms with E-state index in [1.165, 1.54) is 26.2 Å². The lowest BCUT2D eigenvalue weighted by molar-refractivity contribution is -0.362. The van der Waals surface area contributed by atoms with Gasteiger partial charge in [-0.25, -0.2) is 0 Å². The van der Waals surface area contributed by atoms with Gasteiger partial charge < -0.3 is 5.11 Å². The van der Waals surface area contributed by atoms with Crippen LogP contribution in [0, 0.1) is 17.3 Å². The van der Waals surface area contributed by atoms with Crippen molar-refractivity contribution >= 4 is 5.78 Å². The minimum atomic E-state index is -5.84. The maximum atomic E-state index is 15.1. The summed E-state index contributed by atoms with van der Waals surface area (Å²) in [5.41, 5.74) is 0.430. The van der Waals surface area contributed by atoms with Gasteiger partial charge in [-0.15, -0.1) is 0 Å². The van der Waals surface area contributed by atoms with Crippen LogP contribution in [-0.2, 0) is 11.3 Å². The molecule has 3 fully saturated rings. The van der Waals surface area contributed by atoms with Gasteiger partial charge in [0.1, 0.15) is 5.60 Å². The van der Waals surface area contributed by atoms with E-state index in [0.717, 1.165) is 47.5 Å². The standard InChI is InChI=1S/C32H38F5NO2/c1-29-18-26(21-7-5-20(6-8-21)19-38-15-3-2-4-16-38)28-24-12-10-23(39)17-22(24)9-11-25(28)27(29)13-14-30(29,40)31(33,34)32(35,36)37/h5-8,17,25-27,40H,2-4,9-16,18-19H2,1H3/t25?,26-,27?,29+,30+/m1/s1. The van der Waals surface area contributed by atoms with Gasteiger partial charge in [0.15, 0.2) is 5.78 Å². The molecule has 0 spiro atoms. The normalized spacial score (nSPS) is 35.2. The first kappa shape index (κ1) is 28.1. The Labute approximate surface area is 232 Å². The van der Waals surface area contributed by atoms with Crippen LogP contribution in [0.3, 0.4) is 0 Å². The third-order valence-corrected chi connectivity index (χ3v) is 11.0. The lowest BCUT2D eigenvalue weighted by Gasteiger charge is -2.56. The van der Waals surface area contributed by atoms with Crippen molar-refractivity contribution in [1.29, 1.82) is 0 Å². The van der Waals surface area contributed by atoms with Crippen LogP contribution in [-0.4, -0.2) is 46.6 Å². The van der Waals surface area contributed by atoms with Gasteiger partial charge in [0.2, 0.25) is 0 Å². The number of hydrogen-bond donors (Lipinski definition) is 1. The van der Waals surface area contributed by atoms with Gasteiger partial charge in [-0.05, 0) is 105 Å². The second-order valence-corrected chi connectivity index (χ2v) is 13.0. The molecule has 0 aromatic heterocycles.